The van der Waals surface area contributed by atoms with Gasteiger partial charge < -0.3 is 9.47 Å². The van der Waals surface area contributed by atoms with Crippen LogP contribution in [0.3, 0.4) is 0 Å². The molecular weight excluding hydrogens is 368 g/mol. The Labute approximate surface area is 173 Å². The second-order valence-corrected chi connectivity index (χ2v) is 7.47. The molecule has 1 aliphatic carbocycles. The van der Waals surface area contributed by atoms with Crippen LogP contribution in [0.5, 0.6) is 11.5 Å². The number of Topliss-reactive ketones (excluding diaryl/α,β-unsaturated/α-hetero) is 2. The molecule has 1 aromatic carbocycles. The normalized spacial score (nSPS) is 13.1. The summed E-state index contributed by atoms with van der Waals surface area (Å²) in [4.78, 5) is 38.1. The van der Waals surface area contributed by atoms with E-state index in [1.165, 1.54) is 52.7 Å². The zero-order valence-electron chi connectivity index (χ0n) is 17.8. The van der Waals surface area contributed by atoms with E-state index in [2.05, 4.69) is 6.92 Å². The molecule has 0 amide bonds. The van der Waals surface area contributed by atoms with Gasteiger partial charge in [0, 0.05) is 12.5 Å². The van der Waals surface area contributed by atoms with Gasteiger partial charge in [0.05, 0.1) is 30.9 Å². The molecule has 2 rings (SSSR count). The van der Waals surface area contributed by atoms with Crippen LogP contribution in [0.1, 0.15) is 91.8 Å². The van der Waals surface area contributed by atoms with E-state index in [1.54, 1.807) is 12.1 Å². The molecule has 0 saturated carbocycles. The van der Waals surface area contributed by atoms with Crippen LogP contribution in [0.25, 0.3) is 0 Å². The summed E-state index contributed by atoms with van der Waals surface area (Å²) >= 11 is 0. The summed E-state index contributed by atoms with van der Waals surface area (Å²) in [5.74, 6) is -0.551. The highest BCUT2D eigenvalue weighted by Gasteiger charge is 2.34. The third-order valence-corrected chi connectivity index (χ3v) is 5.37. The second kappa shape index (κ2) is 11.5. The Balaban J connectivity index is 1.93. The summed E-state index contributed by atoms with van der Waals surface area (Å²) < 4.78 is 10.5. The van der Waals surface area contributed by atoms with E-state index in [0.717, 1.165) is 25.3 Å². The summed E-state index contributed by atoms with van der Waals surface area (Å²) in [5, 5.41) is 0. The predicted octanol–water partition coefficient (Wildman–Crippen LogP) is 5.50. The number of carbonyl (C=O) groups is 3. The van der Waals surface area contributed by atoms with E-state index in [4.69, 9.17) is 9.47 Å². The Kier molecular flexibility index (Phi) is 9.10. The maximum atomic E-state index is 12.9. The molecule has 5 nitrogen and oxygen atoms in total. The van der Waals surface area contributed by atoms with Crippen molar-refractivity contribution in [2.75, 3.05) is 14.2 Å². The summed E-state index contributed by atoms with van der Waals surface area (Å²) in [6.07, 6.45) is 11.8. The second-order valence-electron chi connectivity index (χ2n) is 7.47. The molecule has 5 heteroatoms. The first-order valence-electron chi connectivity index (χ1n) is 10.6. The molecule has 0 saturated heterocycles. The maximum absolute atomic E-state index is 12.9. The lowest BCUT2D eigenvalue weighted by atomic mass is 9.85. The third kappa shape index (κ3) is 5.78. The highest BCUT2D eigenvalue weighted by molar-refractivity contribution is 6.36. The summed E-state index contributed by atoms with van der Waals surface area (Å²) in [7, 11) is 2.87. The van der Waals surface area contributed by atoms with E-state index in [1.807, 2.05) is 0 Å². The molecule has 0 aromatic heterocycles. The van der Waals surface area contributed by atoms with Crippen molar-refractivity contribution < 1.29 is 23.9 Å². The molecule has 0 aliphatic heterocycles. The lowest BCUT2D eigenvalue weighted by Gasteiger charge is -2.19. The molecule has 0 fully saturated rings. The maximum Gasteiger partial charge on any atom is 0.201 e. The zero-order chi connectivity index (χ0) is 21.2. The quantitative estimate of drug-likeness (QED) is 0.323. The molecule has 0 bridgehead atoms. The van der Waals surface area contributed by atoms with E-state index in [-0.39, 0.29) is 34.7 Å². The number of unbranched alkanes of at least 4 members (excludes halogenated alkanes) is 8. The molecule has 29 heavy (non-hydrogen) atoms. The van der Waals surface area contributed by atoms with Crippen LogP contribution >= 0.6 is 0 Å². The van der Waals surface area contributed by atoms with Gasteiger partial charge in [-0.25, -0.2) is 0 Å². The number of hydrogen-bond donors (Lipinski definition) is 0. The Hall–Kier alpha value is -2.43. The Morgan fingerprint density at radius 3 is 1.86 bits per heavy atom. The average Bonchev–Trinajstić information content (AvgIpc) is 2.73. The molecular formula is C24H32O5. The number of fused-ring (bicyclic) bond motifs is 1. The smallest absolute Gasteiger partial charge is 0.201 e. The Morgan fingerprint density at radius 1 is 0.793 bits per heavy atom. The highest BCUT2D eigenvalue weighted by atomic mass is 16.5. The van der Waals surface area contributed by atoms with Crippen LogP contribution in [-0.2, 0) is 4.79 Å². The Bertz CT molecular complexity index is 776. The first kappa shape index (κ1) is 22.9. The fourth-order valence-corrected chi connectivity index (χ4v) is 3.72. The van der Waals surface area contributed by atoms with Crippen molar-refractivity contribution in [1.29, 1.82) is 0 Å². The van der Waals surface area contributed by atoms with Crippen LogP contribution in [0, 0.1) is 0 Å². The van der Waals surface area contributed by atoms with Crippen molar-refractivity contribution in [3.63, 3.8) is 0 Å². The molecule has 1 aliphatic rings. The van der Waals surface area contributed by atoms with E-state index in [9.17, 15) is 14.4 Å². The van der Waals surface area contributed by atoms with Gasteiger partial charge in [0.25, 0.3) is 0 Å². The molecule has 0 N–H and O–H groups in total. The van der Waals surface area contributed by atoms with Gasteiger partial charge >= 0.3 is 0 Å². The summed E-state index contributed by atoms with van der Waals surface area (Å²) in [6, 6.07) is 3.17. The van der Waals surface area contributed by atoms with Gasteiger partial charge in [0.2, 0.25) is 5.78 Å². The first-order chi connectivity index (χ1) is 14.0. The van der Waals surface area contributed by atoms with Gasteiger partial charge in [-0.15, -0.1) is 0 Å². The fourth-order valence-electron chi connectivity index (χ4n) is 3.72. The highest BCUT2D eigenvalue weighted by Crippen LogP contribution is 2.36. The van der Waals surface area contributed by atoms with Crippen molar-refractivity contribution in [1.82, 2.24) is 0 Å². The van der Waals surface area contributed by atoms with E-state index < -0.39 is 11.6 Å². The molecule has 0 atom stereocenters. The minimum absolute atomic E-state index is 0.0476. The van der Waals surface area contributed by atoms with Crippen LogP contribution in [-0.4, -0.2) is 31.6 Å². The average molecular weight is 401 g/mol. The largest absolute Gasteiger partial charge is 0.496 e. The number of carbonyl (C=O) groups excluding carboxylic acids is 3. The molecule has 0 radical (unpaired) electrons. The van der Waals surface area contributed by atoms with Crippen molar-refractivity contribution in [2.45, 2.75) is 71.1 Å². The lowest BCUT2D eigenvalue weighted by molar-refractivity contribution is -0.115. The molecule has 158 valence electrons. The van der Waals surface area contributed by atoms with Gasteiger partial charge in [-0.05, 0) is 18.6 Å². The number of ketones is 3. The number of hydrogen-bond acceptors (Lipinski definition) is 5. The summed E-state index contributed by atoms with van der Waals surface area (Å²) in [5.41, 5.74) is 0.236. The number of methoxy groups -OCH3 is 2. The van der Waals surface area contributed by atoms with Gasteiger partial charge in [0.1, 0.15) is 11.5 Å². The lowest BCUT2D eigenvalue weighted by Crippen LogP contribution is -2.23. The molecule has 1 aromatic rings. The Morgan fingerprint density at radius 2 is 1.31 bits per heavy atom. The topological polar surface area (TPSA) is 69.7 Å². The minimum Gasteiger partial charge on any atom is -0.496 e. The first-order valence-corrected chi connectivity index (χ1v) is 10.6. The van der Waals surface area contributed by atoms with Gasteiger partial charge in [0.15, 0.2) is 11.6 Å². The monoisotopic (exact) mass is 400 g/mol. The minimum atomic E-state index is -0.462. The molecule has 0 unspecified atom stereocenters. The predicted molar refractivity (Wildman–Crippen MR) is 113 cm³/mol. The zero-order valence-corrected chi connectivity index (χ0v) is 17.8. The van der Waals surface area contributed by atoms with Crippen LogP contribution < -0.4 is 9.47 Å². The summed E-state index contributed by atoms with van der Waals surface area (Å²) in [6.45, 7) is 2.21. The van der Waals surface area contributed by atoms with Gasteiger partial charge in [-0.3, -0.25) is 14.4 Å². The number of ether oxygens (including phenoxy) is 2. The number of benzene rings is 1. The van der Waals surface area contributed by atoms with Crippen LogP contribution in [0.2, 0.25) is 0 Å². The number of allylic oxidation sites excluding steroid dienone is 2. The van der Waals surface area contributed by atoms with Crippen molar-refractivity contribution >= 4 is 17.3 Å². The molecule has 0 spiro atoms. The van der Waals surface area contributed by atoms with Crippen LogP contribution in [0.15, 0.2) is 23.8 Å². The molecule has 0 heterocycles. The van der Waals surface area contributed by atoms with Crippen molar-refractivity contribution in [2.24, 2.45) is 0 Å². The van der Waals surface area contributed by atoms with Gasteiger partial charge in [-0.2, -0.15) is 0 Å². The van der Waals surface area contributed by atoms with Crippen LogP contribution in [0.4, 0.5) is 0 Å². The standard InChI is InChI=1S/C24H32O5/c1-4-5-6-7-8-9-10-11-12-13-18(25)17-16-19(26)22-20(28-2)14-15-21(29-3)23(22)24(17)27/h14-16H,4-13H2,1-3H3. The van der Waals surface area contributed by atoms with Crippen molar-refractivity contribution in [3.05, 3.63) is 34.9 Å². The SMILES string of the molecule is CCCCCCCCCCCC(=O)C1=CC(=O)c2c(OC)ccc(OC)c2C1=O. The number of rotatable bonds is 13. The van der Waals surface area contributed by atoms with Crippen molar-refractivity contribution in [3.8, 4) is 11.5 Å². The fraction of sp³-hybridized carbons (Fsp3) is 0.542. The van der Waals surface area contributed by atoms with E-state index >= 15 is 0 Å². The third-order valence-electron chi connectivity index (χ3n) is 5.37. The van der Waals surface area contributed by atoms with E-state index in [0.29, 0.717) is 5.75 Å². The van der Waals surface area contributed by atoms with Gasteiger partial charge in [-0.1, -0.05) is 58.3 Å².